The van der Waals surface area contributed by atoms with E-state index in [-0.39, 0.29) is 38.2 Å². The van der Waals surface area contributed by atoms with E-state index in [1.54, 1.807) is 56.4 Å². The number of hydrogen-bond donors (Lipinski definition) is 7. The molecule has 3 aliphatic rings. The maximum Gasteiger partial charge on any atom is 0.330 e. The largest absolute Gasteiger partial charge is 0.459 e. The Labute approximate surface area is 269 Å². The van der Waals surface area contributed by atoms with E-state index in [1.807, 2.05) is 6.08 Å². The summed E-state index contributed by atoms with van der Waals surface area (Å²) in [6.07, 6.45) is 6.12. The van der Waals surface area contributed by atoms with E-state index >= 15 is 0 Å². The molecule has 0 aromatic carbocycles. The van der Waals surface area contributed by atoms with Gasteiger partial charge in [-0.15, -0.1) is 0 Å². The van der Waals surface area contributed by atoms with Gasteiger partial charge in [-0.2, -0.15) is 0 Å². The van der Waals surface area contributed by atoms with Crippen LogP contribution in [0.1, 0.15) is 52.4 Å². The fourth-order valence-corrected chi connectivity index (χ4v) is 5.66. The fourth-order valence-electron chi connectivity index (χ4n) is 5.66. The molecule has 0 aliphatic carbocycles. The number of aldehydes is 1. The van der Waals surface area contributed by atoms with Gasteiger partial charge in [0, 0.05) is 31.8 Å². The SMILES string of the molecule is CC1C/C=C/C=C/C=C/C=C/C(O[C@@H]2O[C@H](C)C(O)[C@H](N)[C@@H]2O)CC2OC(O)(C[C@@H](O)CC(O)C/C=C/C(=O)O1)C[C@H](O)C2C=O. The van der Waals surface area contributed by atoms with Gasteiger partial charge in [-0.3, -0.25) is 0 Å². The number of carbonyl (C=O) groups excluding carboxylic acids is 2. The summed E-state index contributed by atoms with van der Waals surface area (Å²) < 4.78 is 23.0. The molecule has 2 saturated heterocycles. The van der Waals surface area contributed by atoms with Crippen LogP contribution in [0.5, 0.6) is 0 Å². The van der Waals surface area contributed by atoms with Gasteiger partial charge in [0.05, 0.1) is 54.7 Å². The van der Waals surface area contributed by atoms with Crippen molar-refractivity contribution < 1.29 is 59.2 Å². The number of fused-ring (bicyclic) bond motifs is 2. The van der Waals surface area contributed by atoms with Crippen molar-refractivity contribution in [1.82, 2.24) is 0 Å². The molecular weight excluding hydrogens is 602 g/mol. The van der Waals surface area contributed by atoms with E-state index in [2.05, 4.69) is 0 Å². The van der Waals surface area contributed by atoms with Crippen LogP contribution in [-0.4, -0.2) is 116 Å². The van der Waals surface area contributed by atoms with Gasteiger partial charge in [-0.25, -0.2) is 4.79 Å². The van der Waals surface area contributed by atoms with Crippen LogP contribution < -0.4 is 5.73 Å². The molecule has 2 bridgehead atoms. The summed E-state index contributed by atoms with van der Waals surface area (Å²) >= 11 is 0. The molecule has 8 N–H and O–H groups in total. The minimum absolute atomic E-state index is 0.0379. The molecule has 0 saturated carbocycles. The summed E-state index contributed by atoms with van der Waals surface area (Å²) in [5.41, 5.74) is 5.98. The van der Waals surface area contributed by atoms with Crippen LogP contribution in [0.2, 0.25) is 0 Å². The number of ether oxygens (including phenoxy) is 4. The Morgan fingerprint density at radius 3 is 2.33 bits per heavy atom. The molecule has 3 aliphatic heterocycles. The zero-order valence-electron chi connectivity index (χ0n) is 26.2. The molecule has 46 heavy (non-hydrogen) atoms. The van der Waals surface area contributed by atoms with Crippen molar-refractivity contribution in [3.8, 4) is 0 Å². The Hall–Kier alpha value is -2.56. The molecule has 0 radical (unpaired) electrons. The lowest BCUT2D eigenvalue weighted by atomic mass is 9.83. The molecule has 258 valence electrons. The maximum absolute atomic E-state index is 12.1. The Balaban J connectivity index is 1.87. The maximum atomic E-state index is 12.1. The second-order valence-corrected chi connectivity index (χ2v) is 12.2. The fraction of sp³-hybridized carbons (Fsp3) is 0.636. The summed E-state index contributed by atoms with van der Waals surface area (Å²) in [6.45, 7) is 3.34. The van der Waals surface area contributed by atoms with Gasteiger partial charge in [0.1, 0.15) is 18.5 Å². The van der Waals surface area contributed by atoms with Gasteiger partial charge in [0.25, 0.3) is 0 Å². The highest BCUT2D eigenvalue weighted by Gasteiger charge is 2.48. The molecule has 2 fully saturated rings. The number of carbonyl (C=O) groups is 2. The summed E-state index contributed by atoms with van der Waals surface area (Å²) in [5, 5.41) is 64.1. The first-order chi connectivity index (χ1) is 21.8. The first-order valence-electron chi connectivity index (χ1n) is 15.7. The minimum Gasteiger partial charge on any atom is -0.459 e. The molecule has 3 rings (SSSR count). The normalized spacial score (nSPS) is 45.7. The molecule has 13 atom stereocenters. The molecule has 13 heteroatoms. The number of aliphatic hydroxyl groups excluding tert-OH is 5. The van der Waals surface area contributed by atoms with Crippen molar-refractivity contribution in [3.63, 3.8) is 0 Å². The predicted molar refractivity (Wildman–Crippen MR) is 166 cm³/mol. The van der Waals surface area contributed by atoms with E-state index in [4.69, 9.17) is 24.7 Å². The zero-order valence-corrected chi connectivity index (χ0v) is 26.2. The summed E-state index contributed by atoms with van der Waals surface area (Å²) in [7, 11) is 0. The average molecular weight is 652 g/mol. The van der Waals surface area contributed by atoms with Crippen LogP contribution in [0.3, 0.4) is 0 Å². The Morgan fingerprint density at radius 1 is 0.913 bits per heavy atom. The van der Waals surface area contributed by atoms with Gasteiger partial charge in [-0.1, -0.05) is 54.7 Å². The van der Waals surface area contributed by atoms with Gasteiger partial charge in [0.15, 0.2) is 12.1 Å². The van der Waals surface area contributed by atoms with Gasteiger partial charge in [-0.05, 0) is 26.7 Å². The molecule has 13 nitrogen and oxygen atoms in total. The molecule has 0 aromatic rings. The number of cyclic esters (lactones) is 1. The van der Waals surface area contributed by atoms with Crippen LogP contribution in [0.15, 0.2) is 60.8 Å². The van der Waals surface area contributed by atoms with Crippen LogP contribution in [0.4, 0.5) is 0 Å². The molecule has 7 unspecified atom stereocenters. The van der Waals surface area contributed by atoms with Crippen molar-refractivity contribution in [2.45, 2.75) is 125 Å². The lowest BCUT2D eigenvalue weighted by molar-refractivity contribution is -0.305. The van der Waals surface area contributed by atoms with E-state index in [9.17, 15) is 40.2 Å². The predicted octanol–water partition coefficient (Wildman–Crippen LogP) is 0.218. The van der Waals surface area contributed by atoms with Gasteiger partial charge < -0.3 is 60.1 Å². The Bertz CT molecular complexity index is 1120. The first kappa shape index (κ1) is 37.9. The highest BCUT2D eigenvalue weighted by atomic mass is 16.7. The second kappa shape index (κ2) is 18.1. The van der Waals surface area contributed by atoms with Crippen molar-refractivity contribution in [3.05, 3.63) is 60.8 Å². The third-order valence-electron chi connectivity index (χ3n) is 8.16. The number of esters is 1. The van der Waals surface area contributed by atoms with Crippen LogP contribution in [-0.2, 0) is 28.5 Å². The average Bonchev–Trinajstić information content (AvgIpc) is 2.96. The summed E-state index contributed by atoms with van der Waals surface area (Å²) in [4.78, 5) is 24.1. The number of hydrogen-bond acceptors (Lipinski definition) is 13. The lowest BCUT2D eigenvalue weighted by Gasteiger charge is -2.45. The van der Waals surface area contributed by atoms with Crippen molar-refractivity contribution in [1.29, 1.82) is 0 Å². The molecule has 0 aromatic heterocycles. The molecule has 0 amide bonds. The summed E-state index contributed by atoms with van der Waals surface area (Å²) in [6, 6.07) is -1.05. The van der Waals surface area contributed by atoms with Gasteiger partial charge >= 0.3 is 5.97 Å². The Morgan fingerprint density at radius 2 is 1.61 bits per heavy atom. The molecule has 0 spiro atoms. The highest BCUT2D eigenvalue weighted by molar-refractivity contribution is 5.82. The van der Waals surface area contributed by atoms with Crippen molar-refractivity contribution in [2.75, 3.05) is 0 Å². The van der Waals surface area contributed by atoms with Crippen LogP contribution in [0.25, 0.3) is 0 Å². The third-order valence-corrected chi connectivity index (χ3v) is 8.16. The minimum atomic E-state index is -2.05. The highest BCUT2D eigenvalue weighted by Crippen LogP contribution is 2.37. The smallest absolute Gasteiger partial charge is 0.330 e. The number of aliphatic hydroxyl groups is 6. The van der Waals surface area contributed by atoms with E-state index in [1.165, 1.54) is 12.2 Å². The molecule has 3 heterocycles. The van der Waals surface area contributed by atoms with Crippen LogP contribution >= 0.6 is 0 Å². The second-order valence-electron chi connectivity index (χ2n) is 12.2. The summed E-state index contributed by atoms with van der Waals surface area (Å²) in [5.74, 6) is -3.68. The van der Waals surface area contributed by atoms with Crippen molar-refractivity contribution in [2.24, 2.45) is 11.7 Å². The quantitative estimate of drug-likeness (QED) is 0.161. The number of nitrogens with two attached hydrogens (primary N) is 1. The van der Waals surface area contributed by atoms with Crippen molar-refractivity contribution >= 4 is 12.3 Å². The lowest BCUT2D eigenvalue weighted by Crippen LogP contribution is -2.61. The van der Waals surface area contributed by atoms with E-state index in [0.29, 0.717) is 12.7 Å². The zero-order chi connectivity index (χ0) is 33.9. The van der Waals surface area contributed by atoms with E-state index in [0.717, 1.165) is 0 Å². The Kier molecular flexibility index (Phi) is 14.9. The van der Waals surface area contributed by atoms with E-state index < -0.39 is 78.8 Å². The third kappa shape index (κ3) is 11.6. The first-order valence-corrected chi connectivity index (χ1v) is 15.7. The topological polar surface area (TPSA) is 218 Å². The monoisotopic (exact) mass is 651 g/mol. The standard InChI is InChI=1S/C33H49NO12/c1-20-11-8-6-4-3-5-7-9-13-24(45-32-31(41)29(34)30(40)21(2)44-32)16-27-25(19-35)26(38)18-33(42,46-27)17-23(37)15-22(36)12-10-14-28(39)43-20/h3-10,13-14,19-27,29-32,36-38,40-42H,11-12,15-18,34H2,1-2H3/b4-3+,7-5+,8-6+,13-9+,14-10+/t20?,21-,22?,23+,24?,25?,26+,27?,29+,30?,31+,32+,33?/m1/s1. The van der Waals surface area contributed by atoms with Gasteiger partial charge in [0.2, 0.25) is 0 Å². The number of allylic oxidation sites excluding steroid dienone is 6. The van der Waals surface area contributed by atoms with Crippen LogP contribution in [0, 0.1) is 5.92 Å². The number of rotatable bonds is 3. The molecular formula is C33H49NO12.